The van der Waals surface area contributed by atoms with E-state index in [2.05, 4.69) is 0 Å². The van der Waals surface area contributed by atoms with Gasteiger partial charge in [-0.15, -0.1) is 0 Å². The molecule has 0 aliphatic heterocycles. The number of rotatable bonds is 3. The SMILES string of the molecule is NC(CCO)c1cc(F)c(F)cc1O. The Morgan fingerprint density at radius 1 is 1.29 bits per heavy atom. The largest absolute Gasteiger partial charge is 0.507 e. The van der Waals surface area contributed by atoms with Crippen LogP contribution >= 0.6 is 0 Å². The zero-order valence-corrected chi connectivity index (χ0v) is 7.37. The van der Waals surface area contributed by atoms with Gasteiger partial charge in [-0.3, -0.25) is 0 Å². The van der Waals surface area contributed by atoms with Crippen LogP contribution in [0.5, 0.6) is 5.75 Å². The summed E-state index contributed by atoms with van der Waals surface area (Å²) in [6.45, 7) is -0.181. The van der Waals surface area contributed by atoms with Crippen molar-refractivity contribution in [3.8, 4) is 5.75 Å². The van der Waals surface area contributed by atoms with Gasteiger partial charge in [-0.05, 0) is 12.5 Å². The summed E-state index contributed by atoms with van der Waals surface area (Å²) in [4.78, 5) is 0. The molecule has 0 aliphatic carbocycles. The summed E-state index contributed by atoms with van der Waals surface area (Å²) in [5.41, 5.74) is 5.61. The van der Waals surface area contributed by atoms with Gasteiger partial charge in [-0.1, -0.05) is 0 Å². The van der Waals surface area contributed by atoms with Crippen molar-refractivity contribution in [1.29, 1.82) is 0 Å². The summed E-state index contributed by atoms with van der Waals surface area (Å²) < 4.78 is 25.3. The maximum atomic E-state index is 12.8. The van der Waals surface area contributed by atoms with E-state index in [-0.39, 0.29) is 18.6 Å². The normalized spacial score (nSPS) is 12.9. The predicted octanol–water partition coefficient (Wildman–Crippen LogP) is 1.05. The van der Waals surface area contributed by atoms with Crippen LogP contribution in [0.3, 0.4) is 0 Å². The second-order valence-electron chi connectivity index (χ2n) is 2.94. The molecule has 0 bridgehead atoms. The number of aliphatic hydroxyl groups is 1. The molecule has 0 heterocycles. The molecule has 3 nitrogen and oxygen atoms in total. The fourth-order valence-corrected chi connectivity index (χ4v) is 1.14. The van der Waals surface area contributed by atoms with Gasteiger partial charge in [0.05, 0.1) is 0 Å². The van der Waals surface area contributed by atoms with Gasteiger partial charge in [0.15, 0.2) is 11.6 Å². The average Bonchev–Trinajstić information content (AvgIpc) is 2.11. The number of phenols is 1. The maximum Gasteiger partial charge on any atom is 0.162 e. The lowest BCUT2D eigenvalue weighted by Crippen LogP contribution is -2.12. The predicted molar refractivity (Wildman–Crippen MR) is 46.7 cm³/mol. The number of phenolic OH excluding ortho intramolecular Hbond substituents is 1. The number of aromatic hydroxyl groups is 1. The molecule has 0 amide bonds. The van der Waals surface area contributed by atoms with Crippen molar-refractivity contribution in [1.82, 2.24) is 0 Å². The van der Waals surface area contributed by atoms with E-state index in [1.54, 1.807) is 0 Å². The van der Waals surface area contributed by atoms with Crippen molar-refractivity contribution >= 4 is 0 Å². The second-order valence-corrected chi connectivity index (χ2v) is 2.94. The van der Waals surface area contributed by atoms with E-state index in [1.807, 2.05) is 0 Å². The fraction of sp³-hybridized carbons (Fsp3) is 0.333. The average molecular weight is 203 g/mol. The van der Waals surface area contributed by atoms with Gasteiger partial charge in [0.25, 0.3) is 0 Å². The monoisotopic (exact) mass is 203 g/mol. The minimum absolute atomic E-state index is 0.0953. The molecular formula is C9H11F2NO2. The molecule has 1 atom stereocenters. The topological polar surface area (TPSA) is 66.5 Å². The minimum atomic E-state index is -1.12. The van der Waals surface area contributed by atoms with Crippen molar-refractivity contribution in [2.75, 3.05) is 6.61 Å². The molecule has 5 heteroatoms. The van der Waals surface area contributed by atoms with Crippen LogP contribution < -0.4 is 5.73 Å². The van der Waals surface area contributed by atoms with Gasteiger partial charge in [-0.2, -0.15) is 0 Å². The van der Waals surface area contributed by atoms with Crippen molar-refractivity contribution in [3.63, 3.8) is 0 Å². The van der Waals surface area contributed by atoms with Crippen LogP contribution in [0.1, 0.15) is 18.0 Å². The third-order valence-corrected chi connectivity index (χ3v) is 1.91. The van der Waals surface area contributed by atoms with E-state index < -0.39 is 23.4 Å². The van der Waals surface area contributed by atoms with E-state index in [4.69, 9.17) is 10.8 Å². The molecule has 0 aromatic heterocycles. The van der Waals surface area contributed by atoms with Crippen LogP contribution in [0.15, 0.2) is 12.1 Å². The molecule has 0 radical (unpaired) electrons. The van der Waals surface area contributed by atoms with Crippen LogP contribution in [0.2, 0.25) is 0 Å². The van der Waals surface area contributed by atoms with Gasteiger partial charge in [0, 0.05) is 24.3 Å². The zero-order valence-electron chi connectivity index (χ0n) is 7.37. The molecule has 0 fully saturated rings. The van der Waals surface area contributed by atoms with Gasteiger partial charge < -0.3 is 15.9 Å². The highest BCUT2D eigenvalue weighted by atomic mass is 19.2. The molecule has 1 unspecified atom stereocenters. The first-order valence-corrected chi connectivity index (χ1v) is 4.10. The Morgan fingerprint density at radius 3 is 2.43 bits per heavy atom. The van der Waals surface area contributed by atoms with Gasteiger partial charge >= 0.3 is 0 Å². The summed E-state index contributed by atoms with van der Waals surface area (Å²) in [6, 6.07) is 0.808. The zero-order chi connectivity index (χ0) is 10.7. The van der Waals surface area contributed by atoms with Crippen LogP contribution in [-0.2, 0) is 0 Å². The Hall–Kier alpha value is -1.20. The van der Waals surface area contributed by atoms with Crippen molar-refractivity contribution in [2.45, 2.75) is 12.5 Å². The third kappa shape index (κ3) is 2.18. The molecule has 0 saturated carbocycles. The van der Waals surface area contributed by atoms with Crippen LogP contribution in [-0.4, -0.2) is 16.8 Å². The summed E-state index contributed by atoms with van der Waals surface area (Å²) in [7, 11) is 0. The number of aliphatic hydroxyl groups excluding tert-OH is 1. The van der Waals surface area contributed by atoms with Gasteiger partial charge in [0.2, 0.25) is 0 Å². The first-order chi connectivity index (χ1) is 6.56. The summed E-state index contributed by atoms with van der Waals surface area (Å²) in [5, 5.41) is 17.8. The van der Waals surface area contributed by atoms with Crippen molar-refractivity contribution in [2.24, 2.45) is 5.73 Å². The molecule has 1 aromatic carbocycles. The lowest BCUT2D eigenvalue weighted by Gasteiger charge is -2.12. The summed E-state index contributed by atoms with van der Waals surface area (Å²) >= 11 is 0. The molecule has 1 rings (SSSR count). The smallest absolute Gasteiger partial charge is 0.162 e. The Balaban J connectivity index is 3.02. The van der Waals surface area contributed by atoms with Gasteiger partial charge in [0.1, 0.15) is 5.75 Å². The number of halogens is 2. The van der Waals surface area contributed by atoms with Gasteiger partial charge in [-0.25, -0.2) is 8.78 Å². The molecular weight excluding hydrogens is 192 g/mol. The number of hydrogen-bond donors (Lipinski definition) is 3. The molecule has 0 saturated heterocycles. The first-order valence-electron chi connectivity index (χ1n) is 4.10. The number of hydrogen-bond acceptors (Lipinski definition) is 3. The van der Waals surface area contributed by atoms with E-state index in [1.165, 1.54) is 0 Å². The van der Waals surface area contributed by atoms with E-state index in [0.29, 0.717) is 6.07 Å². The molecule has 0 aliphatic rings. The lowest BCUT2D eigenvalue weighted by molar-refractivity contribution is 0.275. The Bertz CT molecular complexity index is 331. The van der Waals surface area contributed by atoms with Crippen molar-refractivity contribution in [3.05, 3.63) is 29.3 Å². The van der Waals surface area contributed by atoms with Crippen LogP contribution in [0.25, 0.3) is 0 Å². The Morgan fingerprint density at radius 2 is 1.86 bits per heavy atom. The van der Waals surface area contributed by atoms with Crippen LogP contribution in [0.4, 0.5) is 8.78 Å². The maximum absolute atomic E-state index is 12.8. The Labute approximate surface area is 79.8 Å². The van der Waals surface area contributed by atoms with Crippen molar-refractivity contribution < 1.29 is 19.0 Å². The van der Waals surface area contributed by atoms with E-state index in [0.717, 1.165) is 6.07 Å². The lowest BCUT2D eigenvalue weighted by atomic mass is 10.0. The standard InChI is InChI=1S/C9H11F2NO2/c10-6-3-5(8(12)1-2-13)9(14)4-7(6)11/h3-4,8,13-14H,1-2,12H2. The van der Waals surface area contributed by atoms with E-state index >= 15 is 0 Å². The summed E-state index contributed by atoms with van der Waals surface area (Å²) in [6.07, 6.45) is 0.179. The molecule has 14 heavy (non-hydrogen) atoms. The first kappa shape index (κ1) is 10.9. The minimum Gasteiger partial charge on any atom is -0.507 e. The summed E-state index contributed by atoms with van der Waals surface area (Å²) in [5.74, 6) is -2.58. The highest BCUT2D eigenvalue weighted by Gasteiger charge is 2.14. The second kappa shape index (κ2) is 4.34. The van der Waals surface area contributed by atoms with Crippen LogP contribution in [0, 0.1) is 11.6 Å². The molecule has 78 valence electrons. The van der Waals surface area contributed by atoms with E-state index in [9.17, 15) is 13.9 Å². The Kier molecular flexibility index (Phi) is 3.38. The molecule has 0 spiro atoms. The molecule has 1 aromatic rings. The quantitative estimate of drug-likeness (QED) is 0.688. The highest BCUT2D eigenvalue weighted by Crippen LogP contribution is 2.26. The fourth-order valence-electron chi connectivity index (χ4n) is 1.14. The number of benzene rings is 1. The highest BCUT2D eigenvalue weighted by molar-refractivity contribution is 5.35. The molecule has 4 N–H and O–H groups in total. The third-order valence-electron chi connectivity index (χ3n) is 1.91. The number of nitrogens with two attached hydrogens (primary N) is 1.